The van der Waals surface area contributed by atoms with Crippen molar-refractivity contribution in [1.82, 2.24) is 0 Å². The lowest BCUT2D eigenvalue weighted by Crippen LogP contribution is -2.35. The molecule has 1 unspecified atom stereocenters. The Morgan fingerprint density at radius 3 is 1.30 bits per heavy atom. The number of hydrogen-bond donors (Lipinski definition) is 0. The third-order valence-electron chi connectivity index (χ3n) is 0.575. The highest BCUT2D eigenvalue weighted by Gasteiger charge is 2.53. The molecular formula is C3HF5I2. The van der Waals surface area contributed by atoms with Crippen LogP contribution in [-0.4, -0.2) is 14.0 Å². The van der Waals surface area contributed by atoms with E-state index in [4.69, 9.17) is 0 Å². The van der Waals surface area contributed by atoms with E-state index in [1.165, 1.54) is 0 Å². The Morgan fingerprint density at radius 1 is 1.00 bits per heavy atom. The lowest BCUT2D eigenvalue weighted by atomic mass is 10.4. The summed E-state index contributed by atoms with van der Waals surface area (Å²) in [5, 5.41) is 0. The van der Waals surface area contributed by atoms with Crippen LogP contribution in [0.5, 0.6) is 0 Å². The molecule has 0 aromatic heterocycles. The van der Waals surface area contributed by atoms with E-state index in [0.717, 1.165) is 45.2 Å². The van der Waals surface area contributed by atoms with Crippen molar-refractivity contribution >= 4 is 45.2 Å². The van der Waals surface area contributed by atoms with Crippen molar-refractivity contribution in [2.24, 2.45) is 0 Å². The van der Waals surface area contributed by atoms with Gasteiger partial charge in [0.15, 0.2) is 0 Å². The van der Waals surface area contributed by atoms with E-state index in [2.05, 4.69) is 0 Å². The van der Waals surface area contributed by atoms with Gasteiger partial charge in [0.25, 0.3) is 0 Å². The lowest BCUT2D eigenvalue weighted by molar-refractivity contribution is -0.187. The highest BCUT2D eigenvalue weighted by atomic mass is 127. The number of rotatable bonds is 1. The van der Waals surface area contributed by atoms with Crippen molar-refractivity contribution in [3.63, 3.8) is 0 Å². The smallest absolute Gasteiger partial charge is 0.232 e. The van der Waals surface area contributed by atoms with Gasteiger partial charge in [-0.15, -0.1) is 0 Å². The van der Waals surface area contributed by atoms with Crippen molar-refractivity contribution in [3.05, 3.63) is 0 Å². The number of alkyl halides is 7. The fourth-order valence-corrected chi connectivity index (χ4v) is 0.892. The Bertz CT molecular complexity index is 99.0. The fourth-order valence-electron chi connectivity index (χ4n) is 0.186. The predicted octanol–water partition coefficient (Wildman–Crippen LogP) is 3.38. The molecule has 0 rings (SSSR count). The molecule has 0 fully saturated rings. The molecule has 0 nitrogen and oxygen atoms in total. The molecule has 0 saturated heterocycles. The van der Waals surface area contributed by atoms with E-state index in [1.54, 1.807) is 0 Å². The topological polar surface area (TPSA) is 0 Å². The first-order valence-corrected chi connectivity index (χ1v) is 4.09. The second-order valence-corrected chi connectivity index (χ2v) is 6.65. The van der Waals surface area contributed by atoms with E-state index in [9.17, 15) is 22.0 Å². The van der Waals surface area contributed by atoms with Crippen LogP contribution in [0.1, 0.15) is 0 Å². The zero-order valence-electron chi connectivity index (χ0n) is 4.22. The van der Waals surface area contributed by atoms with Crippen LogP contribution < -0.4 is 0 Å². The summed E-state index contributed by atoms with van der Waals surface area (Å²) in [6.07, 6.45) is -8.54. The van der Waals surface area contributed by atoms with Gasteiger partial charge in [0.1, 0.15) is 0 Å². The molecule has 0 radical (unpaired) electrons. The zero-order chi connectivity index (χ0) is 8.58. The average Bonchev–Trinajstić information content (AvgIpc) is 1.59. The summed E-state index contributed by atoms with van der Waals surface area (Å²) in [7, 11) is 0. The highest BCUT2D eigenvalue weighted by molar-refractivity contribution is 14.2. The monoisotopic (exact) mass is 386 g/mol. The van der Waals surface area contributed by atoms with Crippen LogP contribution in [0.3, 0.4) is 0 Å². The van der Waals surface area contributed by atoms with Crippen molar-refractivity contribution in [1.29, 1.82) is 0 Å². The third kappa shape index (κ3) is 3.49. The van der Waals surface area contributed by atoms with Crippen LogP contribution >= 0.6 is 45.2 Å². The first-order chi connectivity index (χ1) is 4.15. The fraction of sp³-hybridized carbons (Fsp3) is 1.00. The summed E-state index contributed by atoms with van der Waals surface area (Å²) in [4.78, 5) is 0. The number of halogens is 7. The molecule has 7 heteroatoms. The second-order valence-electron chi connectivity index (χ2n) is 1.45. The minimum absolute atomic E-state index is 0.753. The van der Waals surface area contributed by atoms with Crippen LogP contribution in [0, 0.1) is 0 Å². The largest absolute Gasteiger partial charge is 0.424 e. The second kappa shape index (κ2) is 3.23. The van der Waals surface area contributed by atoms with Gasteiger partial charge in [-0.1, -0.05) is 0 Å². The van der Waals surface area contributed by atoms with Crippen LogP contribution in [0.2, 0.25) is 0 Å². The van der Waals surface area contributed by atoms with Gasteiger partial charge in [-0.2, -0.15) is 13.2 Å². The zero-order valence-corrected chi connectivity index (χ0v) is 8.54. The maximum Gasteiger partial charge on any atom is 0.424 e. The molecule has 0 bridgehead atoms. The summed E-state index contributed by atoms with van der Waals surface area (Å²) in [6.45, 7) is 0. The van der Waals surface area contributed by atoms with Crippen molar-refractivity contribution in [3.8, 4) is 0 Å². The Kier molecular flexibility index (Phi) is 3.59. The van der Waals surface area contributed by atoms with Gasteiger partial charge >= 0.3 is 6.18 Å². The molecule has 10 heavy (non-hydrogen) atoms. The SMILES string of the molecule is FC(C(F)(F)F)C(F)(I)I. The molecule has 0 saturated carbocycles. The van der Waals surface area contributed by atoms with Gasteiger partial charge in [0.05, 0.1) is 0 Å². The summed E-state index contributed by atoms with van der Waals surface area (Å²) in [5.74, 6) is 0. The predicted molar refractivity (Wildman–Crippen MR) is 42.8 cm³/mol. The Morgan fingerprint density at radius 2 is 1.30 bits per heavy atom. The molecular weight excluding hydrogens is 385 g/mol. The molecule has 0 aliphatic rings. The molecule has 0 aliphatic heterocycles. The standard InChI is InChI=1S/C3HF5I2/c4-1(2(5,6)7)3(8,9)10/h1H. The van der Waals surface area contributed by atoms with Gasteiger partial charge in [-0.05, 0) is 45.2 Å². The summed E-state index contributed by atoms with van der Waals surface area (Å²) in [5.41, 5.74) is 0. The molecule has 0 aromatic carbocycles. The van der Waals surface area contributed by atoms with Crippen LogP contribution in [0.4, 0.5) is 22.0 Å². The highest BCUT2D eigenvalue weighted by Crippen LogP contribution is 2.42. The minimum atomic E-state index is -5.11. The van der Waals surface area contributed by atoms with Crippen LogP contribution in [-0.2, 0) is 0 Å². The minimum Gasteiger partial charge on any atom is -0.232 e. The summed E-state index contributed by atoms with van der Waals surface area (Å²) >= 11 is 1.51. The van der Waals surface area contributed by atoms with E-state index in [-0.39, 0.29) is 0 Å². The first kappa shape index (κ1) is 11.1. The van der Waals surface area contributed by atoms with Crippen LogP contribution in [0.15, 0.2) is 0 Å². The Hall–Kier alpha value is 1.11. The van der Waals surface area contributed by atoms with Gasteiger partial charge in [0, 0.05) is 0 Å². The van der Waals surface area contributed by atoms with Crippen molar-refractivity contribution < 1.29 is 22.0 Å². The van der Waals surface area contributed by atoms with E-state index in [0.29, 0.717) is 0 Å². The van der Waals surface area contributed by atoms with Gasteiger partial charge in [0.2, 0.25) is 7.85 Å². The van der Waals surface area contributed by atoms with E-state index in [1.807, 2.05) is 0 Å². The molecule has 0 heterocycles. The lowest BCUT2D eigenvalue weighted by Gasteiger charge is -2.18. The van der Waals surface area contributed by atoms with Crippen molar-refractivity contribution in [2.75, 3.05) is 0 Å². The number of hydrogen-bond acceptors (Lipinski definition) is 0. The maximum absolute atomic E-state index is 12.2. The molecule has 1 atom stereocenters. The molecule has 0 amide bonds. The molecule has 0 spiro atoms. The normalized spacial score (nSPS) is 17.1. The quantitative estimate of drug-likeness (QED) is 0.369. The van der Waals surface area contributed by atoms with Gasteiger partial charge in [-0.25, -0.2) is 8.78 Å². The molecule has 0 aromatic rings. The van der Waals surface area contributed by atoms with Crippen LogP contribution in [0.25, 0.3) is 0 Å². The van der Waals surface area contributed by atoms with E-state index < -0.39 is 14.0 Å². The Labute approximate surface area is 80.8 Å². The third-order valence-corrected chi connectivity index (χ3v) is 1.67. The molecule has 0 N–H and O–H groups in total. The average molecular weight is 386 g/mol. The van der Waals surface area contributed by atoms with Crippen molar-refractivity contribution in [2.45, 2.75) is 14.0 Å². The summed E-state index contributed by atoms with van der Waals surface area (Å²) < 4.78 is 55.1. The summed E-state index contributed by atoms with van der Waals surface area (Å²) in [6, 6.07) is 0. The van der Waals surface area contributed by atoms with E-state index >= 15 is 0 Å². The maximum atomic E-state index is 12.2. The van der Waals surface area contributed by atoms with Gasteiger partial charge < -0.3 is 0 Å². The molecule has 0 aliphatic carbocycles. The Balaban J connectivity index is 4.23. The van der Waals surface area contributed by atoms with Gasteiger partial charge in [-0.3, -0.25) is 0 Å². The molecule has 62 valence electrons. The first-order valence-electron chi connectivity index (χ1n) is 1.93.